The third-order valence-corrected chi connectivity index (χ3v) is 4.05. The van der Waals surface area contributed by atoms with E-state index in [1.807, 2.05) is 30.1 Å². The van der Waals surface area contributed by atoms with Gasteiger partial charge in [-0.1, -0.05) is 6.07 Å². The minimum absolute atomic E-state index is 0.165. The number of piperidine rings is 1. The van der Waals surface area contributed by atoms with Gasteiger partial charge in [-0.05, 0) is 25.0 Å². The molecule has 0 saturated carbocycles. The van der Waals surface area contributed by atoms with E-state index in [-0.39, 0.29) is 5.91 Å². The third kappa shape index (κ3) is 4.59. The SMILES string of the molecule is COCCN(C)c1cccc(NC2CCN(C(C)=O)CC2)n1. The van der Waals surface area contributed by atoms with Gasteiger partial charge in [0.1, 0.15) is 11.6 Å². The summed E-state index contributed by atoms with van der Waals surface area (Å²) in [7, 11) is 3.71. The number of amides is 1. The van der Waals surface area contributed by atoms with Crippen molar-refractivity contribution in [3.05, 3.63) is 18.2 Å². The number of hydrogen-bond acceptors (Lipinski definition) is 5. The van der Waals surface area contributed by atoms with E-state index in [0.717, 1.165) is 44.1 Å². The van der Waals surface area contributed by atoms with Crippen molar-refractivity contribution in [1.29, 1.82) is 0 Å². The van der Waals surface area contributed by atoms with Gasteiger partial charge in [0.25, 0.3) is 0 Å². The van der Waals surface area contributed by atoms with Crippen molar-refractivity contribution >= 4 is 17.5 Å². The maximum atomic E-state index is 11.3. The van der Waals surface area contributed by atoms with Gasteiger partial charge in [0.2, 0.25) is 5.91 Å². The van der Waals surface area contributed by atoms with E-state index in [4.69, 9.17) is 4.74 Å². The summed E-state index contributed by atoms with van der Waals surface area (Å²) in [6, 6.07) is 6.38. The summed E-state index contributed by atoms with van der Waals surface area (Å²) in [4.78, 5) is 20.0. The van der Waals surface area contributed by atoms with Crippen molar-refractivity contribution in [3.63, 3.8) is 0 Å². The van der Waals surface area contributed by atoms with Crippen LogP contribution in [0.1, 0.15) is 19.8 Å². The molecular weight excluding hydrogens is 280 g/mol. The van der Waals surface area contributed by atoms with Gasteiger partial charge in [0.05, 0.1) is 6.61 Å². The molecule has 1 fully saturated rings. The van der Waals surface area contributed by atoms with E-state index < -0.39 is 0 Å². The lowest BCUT2D eigenvalue weighted by Crippen LogP contribution is -2.41. The van der Waals surface area contributed by atoms with E-state index in [1.54, 1.807) is 14.0 Å². The predicted molar refractivity (Wildman–Crippen MR) is 88.3 cm³/mol. The average molecular weight is 306 g/mol. The van der Waals surface area contributed by atoms with E-state index >= 15 is 0 Å². The molecule has 2 heterocycles. The smallest absolute Gasteiger partial charge is 0.219 e. The molecule has 1 aromatic heterocycles. The number of methoxy groups -OCH3 is 1. The Morgan fingerprint density at radius 1 is 1.45 bits per heavy atom. The van der Waals surface area contributed by atoms with Crippen molar-refractivity contribution in [2.45, 2.75) is 25.8 Å². The first kappa shape index (κ1) is 16.5. The molecule has 1 aromatic rings. The van der Waals surface area contributed by atoms with Gasteiger partial charge >= 0.3 is 0 Å². The highest BCUT2D eigenvalue weighted by molar-refractivity contribution is 5.73. The molecule has 122 valence electrons. The molecule has 6 nitrogen and oxygen atoms in total. The van der Waals surface area contributed by atoms with Crippen LogP contribution in [0.4, 0.5) is 11.6 Å². The normalized spacial score (nSPS) is 15.7. The molecule has 0 unspecified atom stereocenters. The number of pyridine rings is 1. The van der Waals surface area contributed by atoms with Crippen LogP contribution in [-0.2, 0) is 9.53 Å². The molecule has 1 saturated heterocycles. The second-order valence-corrected chi connectivity index (χ2v) is 5.72. The van der Waals surface area contributed by atoms with Crippen LogP contribution in [0.25, 0.3) is 0 Å². The summed E-state index contributed by atoms with van der Waals surface area (Å²) in [6.45, 7) is 4.76. The largest absolute Gasteiger partial charge is 0.383 e. The quantitative estimate of drug-likeness (QED) is 0.865. The number of rotatable bonds is 6. The molecule has 1 N–H and O–H groups in total. The molecule has 6 heteroatoms. The monoisotopic (exact) mass is 306 g/mol. The Labute approximate surface area is 132 Å². The summed E-state index contributed by atoms with van der Waals surface area (Å²) in [6.07, 6.45) is 1.93. The molecule has 1 aliphatic rings. The number of nitrogens with one attached hydrogen (secondary N) is 1. The highest BCUT2D eigenvalue weighted by Gasteiger charge is 2.20. The molecule has 2 rings (SSSR count). The van der Waals surface area contributed by atoms with Gasteiger partial charge in [0.15, 0.2) is 0 Å². The topological polar surface area (TPSA) is 57.7 Å². The van der Waals surface area contributed by atoms with Crippen LogP contribution >= 0.6 is 0 Å². The summed E-state index contributed by atoms with van der Waals surface area (Å²) in [5.74, 6) is 1.99. The second-order valence-electron chi connectivity index (χ2n) is 5.72. The fraction of sp³-hybridized carbons (Fsp3) is 0.625. The van der Waals surface area contributed by atoms with Crippen molar-refractivity contribution in [2.24, 2.45) is 0 Å². The first-order valence-electron chi connectivity index (χ1n) is 7.79. The third-order valence-electron chi connectivity index (χ3n) is 4.05. The molecule has 22 heavy (non-hydrogen) atoms. The minimum Gasteiger partial charge on any atom is -0.383 e. The number of likely N-dealkylation sites (N-methyl/N-ethyl adjacent to an activating group) is 1. The molecule has 0 atom stereocenters. The van der Waals surface area contributed by atoms with Crippen molar-refractivity contribution < 1.29 is 9.53 Å². The van der Waals surface area contributed by atoms with E-state index in [9.17, 15) is 4.79 Å². The zero-order valence-electron chi connectivity index (χ0n) is 13.7. The molecule has 0 radical (unpaired) electrons. The summed E-state index contributed by atoms with van der Waals surface area (Å²) in [5, 5.41) is 3.48. The number of ether oxygens (including phenoxy) is 1. The number of likely N-dealkylation sites (tertiary alicyclic amines) is 1. The Balaban J connectivity index is 1.89. The molecule has 0 aromatic carbocycles. The van der Waals surface area contributed by atoms with Crippen LogP contribution in [0.2, 0.25) is 0 Å². The fourth-order valence-corrected chi connectivity index (χ4v) is 2.61. The average Bonchev–Trinajstić information content (AvgIpc) is 2.53. The maximum absolute atomic E-state index is 11.3. The lowest BCUT2D eigenvalue weighted by atomic mass is 10.1. The van der Waals surface area contributed by atoms with Crippen LogP contribution in [0.3, 0.4) is 0 Å². The van der Waals surface area contributed by atoms with Crippen LogP contribution in [0.5, 0.6) is 0 Å². The maximum Gasteiger partial charge on any atom is 0.219 e. The van der Waals surface area contributed by atoms with Gasteiger partial charge in [0, 0.05) is 46.8 Å². The minimum atomic E-state index is 0.165. The van der Waals surface area contributed by atoms with Crippen molar-refractivity contribution in [3.8, 4) is 0 Å². The molecule has 1 amide bonds. The first-order valence-corrected chi connectivity index (χ1v) is 7.79. The van der Waals surface area contributed by atoms with Crippen LogP contribution in [-0.4, -0.2) is 62.2 Å². The summed E-state index contributed by atoms with van der Waals surface area (Å²) >= 11 is 0. The Kier molecular flexibility index (Phi) is 6.00. The summed E-state index contributed by atoms with van der Waals surface area (Å²) in [5.41, 5.74) is 0. The molecule has 0 aliphatic carbocycles. The zero-order valence-corrected chi connectivity index (χ0v) is 13.7. The number of aromatic nitrogens is 1. The van der Waals surface area contributed by atoms with Gasteiger partial charge in [-0.3, -0.25) is 4.79 Å². The fourth-order valence-electron chi connectivity index (χ4n) is 2.61. The number of carbonyl (C=O) groups excluding carboxylic acids is 1. The van der Waals surface area contributed by atoms with Gasteiger partial charge in [-0.2, -0.15) is 0 Å². The first-order chi connectivity index (χ1) is 10.6. The Bertz CT molecular complexity index is 487. The van der Waals surface area contributed by atoms with E-state index in [2.05, 4.69) is 15.2 Å². The second kappa shape index (κ2) is 7.98. The number of nitrogens with zero attached hydrogens (tertiary/aromatic N) is 3. The molecule has 0 bridgehead atoms. The Hall–Kier alpha value is -1.82. The van der Waals surface area contributed by atoms with Gasteiger partial charge in [-0.15, -0.1) is 0 Å². The highest BCUT2D eigenvalue weighted by atomic mass is 16.5. The highest BCUT2D eigenvalue weighted by Crippen LogP contribution is 2.18. The molecule has 1 aliphatic heterocycles. The lowest BCUT2D eigenvalue weighted by molar-refractivity contribution is -0.129. The van der Waals surface area contributed by atoms with E-state index in [1.165, 1.54) is 0 Å². The zero-order chi connectivity index (χ0) is 15.9. The van der Waals surface area contributed by atoms with Gasteiger partial charge < -0.3 is 19.9 Å². The standard InChI is InChI=1S/C16H26N4O2/c1-13(21)20-9-7-14(8-10-20)17-15-5-4-6-16(18-15)19(2)11-12-22-3/h4-6,14H,7-12H2,1-3H3,(H,17,18). The van der Waals surface area contributed by atoms with Crippen LogP contribution in [0, 0.1) is 0 Å². The summed E-state index contributed by atoms with van der Waals surface area (Å²) < 4.78 is 5.10. The van der Waals surface area contributed by atoms with Crippen LogP contribution < -0.4 is 10.2 Å². The number of carbonyl (C=O) groups is 1. The predicted octanol–water partition coefficient (Wildman–Crippen LogP) is 1.59. The number of anilines is 2. The Morgan fingerprint density at radius 3 is 2.82 bits per heavy atom. The Morgan fingerprint density at radius 2 is 2.18 bits per heavy atom. The van der Waals surface area contributed by atoms with Crippen LogP contribution in [0.15, 0.2) is 18.2 Å². The van der Waals surface area contributed by atoms with Crippen molar-refractivity contribution in [2.75, 3.05) is 50.6 Å². The lowest BCUT2D eigenvalue weighted by Gasteiger charge is -2.32. The molecule has 0 spiro atoms. The van der Waals surface area contributed by atoms with E-state index in [0.29, 0.717) is 12.6 Å². The van der Waals surface area contributed by atoms with Gasteiger partial charge in [-0.25, -0.2) is 4.98 Å². The molecular formula is C16H26N4O2. The van der Waals surface area contributed by atoms with Crippen molar-refractivity contribution in [1.82, 2.24) is 9.88 Å². The number of hydrogen-bond donors (Lipinski definition) is 1.